The van der Waals surface area contributed by atoms with E-state index in [1.54, 1.807) is 13.8 Å². The van der Waals surface area contributed by atoms with Crippen molar-refractivity contribution >= 4 is 41.1 Å². The van der Waals surface area contributed by atoms with Crippen LogP contribution in [0.15, 0.2) is 22.7 Å². The van der Waals surface area contributed by atoms with Gasteiger partial charge in [0.1, 0.15) is 40.3 Å². The van der Waals surface area contributed by atoms with Gasteiger partial charge in [0.25, 0.3) is 5.91 Å². The van der Waals surface area contributed by atoms with E-state index in [0.29, 0.717) is 0 Å². The predicted octanol–water partition coefficient (Wildman–Crippen LogP) is -0.308. The average Bonchev–Trinajstić information content (AvgIpc) is 3.14. The Bertz CT molecular complexity index is 1070. The minimum atomic E-state index is -1.10. The van der Waals surface area contributed by atoms with Crippen molar-refractivity contribution in [2.75, 3.05) is 0 Å². The summed E-state index contributed by atoms with van der Waals surface area (Å²) in [6.07, 6.45) is 0. The fraction of sp³-hybridized carbons (Fsp3) is 0.368. The molecule has 12 heteroatoms. The number of β-lactam (4-membered cyclic amide) rings is 1. The molecule has 31 heavy (non-hydrogen) atoms. The number of nitrogens with zero attached hydrogens (tertiary/aromatic N) is 2. The maximum atomic E-state index is 14.4. The largest absolute Gasteiger partial charge is 1.00 e. The molecule has 0 aliphatic carbocycles. The van der Waals surface area contributed by atoms with Crippen molar-refractivity contribution < 1.29 is 58.0 Å². The average molecular weight is 477 g/mol. The van der Waals surface area contributed by atoms with E-state index in [-0.39, 0.29) is 57.2 Å². The fourth-order valence-corrected chi connectivity index (χ4v) is 5.77. The number of carboxylic acid groups (broad SMARTS) is 1. The Labute approximate surface area is 208 Å². The van der Waals surface area contributed by atoms with Crippen molar-refractivity contribution in [3.05, 3.63) is 40.4 Å². The second kappa shape index (κ2) is 8.40. The van der Waals surface area contributed by atoms with Gasteiger partial charge in [-0.3, -0.25) is 9.59 Å². The number of nitrogens with one attached hydrogen (secondary N) is 1. The first-order chi connectivity index (χ1) is 14.0. The normalized spacial score (nSPS) is 23.6. The molecule has 2 aromatic rings. The Kier molecular flexibility index (Phi) is 6.52. The van der Waals surface area contributed by atoms with Crippen LogP contribution in [0.3, 0.4) is 0 Å². The topological polar surface area (TPSA) is 113 Å². The number of benzene rings is 1. The number of hydrogen-bond donors (Lipinski definition) is 2. The smallest absolute Gasteiger partial charge is 0.480 e. The second-order valence-corrected chi connectivity index (χ2v) is 9.79. The van der Waals surface area contributed by atoms with E-state index >= 15 is 0 Å². The van der Waals surface area contributed by atoms with Gasteiger partial charge in [-0.15, -0.1) is 11.8 Å². The number of thioether (sulfide) groups is 1. The van der Waals surface area contributed by atoms with Crippen LogP contribution in [0.25, 0.3) is 11.3 Å². The number of halogens is 2. The Morgan fingerprint density at radius 2 is 2.06 bits per heavy atom. The second-order valence-electron chi connectivity index (χ2n) is 7.61. The number of aryl methyl sites for hydroxylation is 1. The van der Waals surface area contributed by atoms with E-state index in [1.807, 2.05) is 0 Å². The summed E-state index contributed by atoms with van der Waals surface area (Å²) in [5.74, 6) is -2.81. The number of amides is 2. The number of aliphatic carboxylic acids is 1. The van der Waals surface area contributed by atoms with E-state index < -0.39 is 45.8 Å². The number of fused-ring (bicyclic) bond motifs is 1. The Hall–Kier alpha value is -1.59. The predicted molar refractivity (Wildman–Crippen MR) is 107 cm³/mol. The molecule has 2 saturated heterocycles. The van der Waals surface area contributed by atoms with Crippen LogP contribution >= 0.6 is 23.4 Å². The molecule has 3 atom stereocenters. The SMILES string of the molecule is Cc1onc(-c2c(F)cccc2Cl)c1C(=O)N[C@@H]1C(=O)N2[C@@H]1SC(C)(C)[C@@H]2C(=O)O.[Na+]. The van der Waals surface area contributed by atoms with Crippen LogP contribution in [0.2, 0.25) is 5.02 Å². The molecule has 0 unspecified atom stereocenters. The molecular weight excluding hydrogens is 460 g/mol. The van der Waals surface area contributed by atoms with E-state index in [1.165, 1.54) is 41.8 Å². The molecule has 8 nitrogen and oxygen atoms in total. The molecule has 2 aliphatic heterocycles. The van der Waals surface area contributed by atoms with Crippen LogP contribution in [0.1, 0.15) is 30.0 Å². The summed E-state index contributed by atoms with van der Waals surface area (Å²) >= 11 is 7.40. The number of hydrogen-bond acceptors (Lipinski definition) is 6. The molecule has 1 aromatic heterocycles. The van der Waals surface area contributed by atoms with Crippen LogP contribution in [-0.2, 0) is 9.59 Å². The summed E-state index contributed by atoms with van der Waals surface area (Å²) in [6.45, 7) is 4.97. The first kappa shape index (κ1) is 24.1. The van der Waals surface area contributed by atoms with Crippen molar-refractivity contribution in [2.24, 2.45) is 0 Å². The summed E-state index contributed by atoms with van der Waals surface area (Å²) in [5, 5.41) is 15.4. The summed E-state index contributed by atoms with van der Waals surface area (Å²) < 4.78 is 18.7. The molecular formula is C19H17ClFN3NaO5S+. The molecule has 0 spiro atoms. The van der Waals surface area contributed by atoms with Gasteiger partial charge in [0, 0.05) is 4.75 Å². The van der Waals surface area contributed by atoms with Crippen LogP contribution in [0.5, 0.6) is 0 Å². The third-order valence-corrected chi connectivity index (χ3v) is 7.14. The summed E-state index contributed by atoms with van der Waals surface area (Å²) in [4.78, 5) is 38.5. The molecule has 158 valence electrons. The van der Waals surface area contributed by atoms with Crippen molar-refractivity contribution in [3.8, 4) is 11.3 Å². The molecule has 0 radical (unpaired) electrons. The molecule has 0 saturated carbocycles. The van der Waals surface area contributed by atoms with Crippen molar-refractivity contribution in [2.45, 2.75) is 43.0 Å². The van der Waals surface area contributed by atoms with Gasteiger partial charge in [-0.2, -0.15) is 0 Å². The van der Waals surface area contributed by atoms with Crippen LogP contribution < -0.4 is 34.9 Å². The van der Waals surface area contributed by atoms with E-state index in [2.05, 4.69) is 10.5 Å². The molecule has 2 fully saturated rings. The maximum absolute atomic E-state index is 14.4. The van der Waals surface area contributed by atoms with E-state index in [0.717, 1.165) is 0 Å². The third-order valence-electron chi connectivity index (χ3n) is 5.25. The molecule has 1 aromatic carbocycles. The van der Waals surface area contributed by atoms with Gasteiger partial charge in [-0.1, -0.05) is 22.8 Å². The Balaban J connectivity index is 0.00000272. The third kappa shape index (κ3) is 3.78. The number of carboxylic acids is 1. The maximum Gasteiger partial charge on any atom is 1.00 e. The number of carbonyl (C=O) groups is 3. The monoisotopic (exact) mass is 476 g/mol. The quantitative estimate of drug-likeness (QED) is 0.460. The summed E-state index contributed by atoms with van der Waals surface area (Å²) in [7, 11) is 0. The molecule has 4 rings (SSSR count). The van der Waals surface area contributed by atoms with E-state index in [4.69, 9.17) is 16.1 Å². The van der Waals surface area contributed by atoms with Gasteiger partial charge >= 0.3 is 35.5 Å². The standard InChI is InChI=1S/C19H17ClFN3O5S.Na/c1-7-10(12(23-29-7)11-8(20)5-4-6-9(11)21)15(25)22-13-16(26)24-14(18(27)28)19(2,3)30-17(13)24;/h4-6,13-14,17H,1-3H3,(H,22,25)(H,27,28);/q;+1/t13-,14+,17-;/m1./s1. The van der Waals surface area contributed by atoms with Gasteiger partial charge in [0.15, 0.2) is 0 Å². The van der Waals surface area contributed by atoms with E-state index in [9.17, 15) is 23.9 Å². The van der Waals surface area contributed by atoms with Gasteiger partial charge < -0.3 is 19.8 Å². The molecule has 2 aliphatic rings. The van der Waals surface area contributed by atoms with Crippen LogP contribution in [0, 0.1) is 12.7 Å². The van der Waals surface area contributed by atoms with Crippen molar-refractivity contribution in [1.29, 1.82) is 0 Å². The van der Waals surface area contributed by atoms with Crippen LogP contribution in [0.4, 0.5) is 4.39 Å². The number of carbonyl (C=O) groups excluding carboxylic acids is 2. The zero-order chi connectivity index (χ0) is 22.0. The minimum absolute atomic E-state index is 0. The van der Waals surface area contributed by atoms with Gasteiger partial charge in [-0.25, -0.2) is 9.18 Å². The summed E-state index contributed by atoms with van der Waals surface area (Å²) in [6, 6.07) is 2.17. The fourth-order valence-electron chi connectivity index (χ4n) is 3.89. The van der Waals surface area contributed by atoms with Crippen molar-refractivity contribution in [3.63, 3.8) is 0 Å². The van der Waals surface area contributed by atoms with Gasteiger partial charge in [-0.05, 0) is 32.9 Å². The zero-order valence-electron chi connectivity index (χ0n) is 17.1. The molecule has 0 bridgehead atoms. The van der Waals surface area contributed by atoms with Crippen molar-refractivity contribution in [1.82, 2.24) is 15.4 Å². The van der Waals surface area contributed by atoms with Gasteiger partial charge in [0.2, 0.25) is 5.91 Å². The Morgan fingerprint density at radius 3 is 2.68 bits per heavy atom. The molecule has 3 heterocycles. The Morgan fingerprint density at radius 1 is 1.39 bits per heavy atom. The number of rotatable bonds is 4. The number of aromatic nitrogens is 1. The minimum Gasteiger partial charge on any atom is -0.480 e. The molecule has 2 amide bonds. The first-order valence-electron chi connectivity index (χ1n) is 8.99. The molecule has 2 N–H and O–H groups in total. The zero-order valence-corrected chi connectivity index (χ0v) is 20.7. The first-order valence-corrected chi connectivity index (χ1v) is 10.2. The summed E-state index contributed by atoms with van der Waals surface area (Å²) in [5.41, 5.74) is -0.185. The van der Waals surface area contributed by atoms with Crippen LogP contribution in [-0.4, -0.2) is 55.2 Å². The van der Waals surface area contributed by atoms with Gasteiger partial charge in [0.05, 0.1) is 10.6 Å².